The minimum atomic E-state index is -0.0386. The van der Waals surface area contributed by atoms with Crippen molar-refractivity contribution in [3.63, 3.8) is 0 Å². The van der Waals surface area contributed by atoms with Crippen LogP contribution in [0.25, 0.3) is 0 Å². The van der Waals surface area contributed by atoms with E-state index in [4.69, 9.17) is 5.73 Å². The quantitative estimate of drug-likeness (QED) is 0.809. The first-order valence-corrected chi connectivity index (χ1v) is 5.83. The molecule has 84 valence electrons. The molecule has 0 spiro atoms. The standard InChI is InChI=1S/C10H17N3OS/c1-6(2)12-10(14)9-7(3)13-8(15-9)4-5-11/h6H,4-5,11H2,1-3H3,(H,12,14). The molecule has 0 radical (unpaired) electrons. The number of rotatable bonds is 4. The van der Waals surface area contributed by atoms with Crippen molar-refractivity contribution in [2.24, 2.45) is 5.73 Å². The van der Waals surface area contributed by atoms with Gasteiger partial charge in [-0.25, -0.2) is 4.98 Å². The van der Waals surface area contributed by atoms with E-state index in [0.717, 1.165) is 17.1 Å². The first-order valence-electron chi connectivity index (χ1n) is 5.01. The summed E-state index contributed by atoms with van der Waals surface area (Å²) in [6.07, 6.45) is 0.737. The van der Waals surface area contributed by atoms with Crippen LogP contribution in [0.3, 0.4) is 0 Å². The summed E-state index contributed by atoms with van der Waals surface area (Å²) in [6.45, 7) is 6.30. The van der Waals surface area contributed by atoms with E-state index in [-0.39, 0.29) is 11.9 Å². The second-order valence-corrected chi connectivity index (χ2v) is 4.77. The van der Waals surface area contributed by atoms with E-state index in [9.17, 15) is 4.79 Å². The number of aryl methyl sites for hydroxylation is 1. The molecule has 0 aromatic carbocycles. The molecule has 0 aliphatic carbocycles. The molecule has 0 aliphatic heterocycles. The van der Waals surface area contributed by atoms with Gasteiger partial charge in [0.15, 0.2) is 0 Å². The molecule has 4 nitrogen and oxygen atoms in total. The maximum absolute atomic E-state index is 11.7. The fraction of sp³-hybridized carbons (Fsp3) is 0.600. The lowest BCUT2D eigenvalue weighted by Gasteiger charge is -2.06. The number of amides is 1. The highest BCUT2D eigenvalue weighted by molar-refractivity contribution is 7.13. The van der Waals surface area contributed by atoms with E-state index in [2.05, 4.69) is 10.3 Å². The summed E-state index contributed by atoms with van der Waals surface area (Å²) in [4.78, 5) is 16.7. The molecule has 0 saturated carbocycles. The molecule has 15 heavy (non-hydrogen) atoms. The molecular weight excluding hydrogens is 210 g/mol. The normalized spacial score (nSPS) is 10.7. The van der Waals surface area contributed by atoms with E-state index in [0.29, 0.717) is 11.4 Å². The van der Waals surface area contributed by atoms with Crippen LogP contribution < -0.4 is 11.1 Å². The number of carbonyl (C=O) groups excluding carboxylic acids is 1. The predicted octanol–water partition coefficient (Wildman–Crippen LogP) is 1.09. The topological polar surface area (TPSA) is 68.0 Å². The number of hydrogen-bond acceptors (Lipinski definition) is 4. The van der Waals surface area contributed by atoms with Crippen LogP contribution in [-0.2, 0) is 6.42 Å². The summed E-state index contributed by atoms with van der Waals surface area (Å²) >= 11 is 1.43. The van der Waals surface area contributed by atoms with Crippen LogP contribution in [0.4, 0.5) is 0 Å². The number of aromatic nitrogens is 1. The lowest BCUT2D eigenvalue weighted by molar-refractivity contribution is 0.0946. The highest BCUT2D eigenvalue weighted by Crippen LogP contribution is 2.18. The van der Waals surface area contributed by atoms with Crippen molar-refractivity contribution in [3.8, 4) is 0 Å². The van der Waals surface area contributed by atoms with E-state index >= 15 is 0 Å². The number of carbonyl (C=O) groups is 1. The van der Waals surface area contributed by atoms with Gasteiger partial charge in [-0.3, -0.25) is 4.79 Å². The highest BCUT2D eigenvalue weighted by atomic mass is 32.1. The molecule has 0 fully saturated rings. The van der Waals surface area contributed by atoms with Crippen molar-refractivity contribution in [1.29, 1.82) is 0 Å². The van der Waals surface area contributed by atoms with Crippen LogP contribution in [0.1, 0.15) is 34.2 Å². The number of hydrogen-bond donors (Lipinski definition) is 2. The van der Waals surface area contributed by atoms with Gasteiger partial charge in [0.1, 0.15) is 4.88 Å². The van der Waals surface area contributed by atoms with Crippen LogP contribution in [0.5, 0.6) is 0 Å². The van der Waals surface area contributed by atoms with Gasteiger partial charge in [-0.1, -0.05) is 0 Å². The van der Waals surface area contributed by atoms with Crippen LogP contribution in [0, 0.1) is 6.92 Å². The summed E-state index contributed by atoms with van der Waals surface area (Å²) in [5, 5.41) is 3.79. The van der Waals surface area contributed by atoms with Crippen molar-refractivity contribution >= 4 is 17.2 Å². The molecule has 5 heteroatoms. The zero-order valence-electron chi connectivity index (χ0n) is 9.33. The first-order chi connectivity index (χ1) is 7.04. The zero-order chi connectivity index (χ0) is 11.4. The van der Waals surface area contributed by atoms with Gasteiger partial charge in [0.25, 0.3) is 5.91 Å². The smallest absolute Gasteiger partial charge is 0.263 e. The minimum Gasteiger partial charge on any atom is -0.349 e. The van der Waals surface area contributed by atoms with Crippen molar-refractivity contribution in [2.75, 3.05) is 6.54 Å². The maximum Gasteiger partial charge on any atom is 0.263 e. The molecule has 1 heterocycles. The van der Waals surface area contributed by atoms with Crippen molar-refractivity contribution in [2.45, 2.75) is 33.2 Å². The van der Waals surface area contributed by atoms with Crippen LogP contribution >= 0.6 is 11.3 Å². The Hall–Kier alpha value is -0.940. The molecule has 0 bridgehead atoms. The minimum absolute atomic E-state index is 0.0386. The zero-order valence-corrected chi connectivity index (χ0v) is 10.1. The number of thiazole rings is 1. The Bertz CT molecular complexity index is 346. The van der Waals surface area contributed by atoms with Gasteiger partial charge in [-0.2, -0.15) is 0 Å². The molecule has 1 rings (SSSR count). The van der Waals surface area contributed by atoms with Gasteiger partial charge in [0.05, 0.1) is 10.7 Å². The lowest BCUT2D eigenvalue weighted by atomic mass is 10.3. The van der Waals surface area contributed by atoms with Gasteiger partial charge in [0, 0.05) is 12.5 Å². The Kier molecular flexibility index (Phi) is 4.23. The van der Waals surface area contributed by atoms with Gasteiger partial charge < -0.3 is 11.1 Å². The third-order valence-corrected chi connectivity index (χ3v) is 3.04. The average molecular weight is 227 g/mol. The predicted molar refractivity (Wildman–Crippen MR) is 62.2 cm³/mol. The van der Waals surface area contributed by atoms with E-state index in [1.165, 1.54) is 11.3 Å². The molecule has 0 atom stereocenters. The second kappa shape index (κ2) is 5.23. The molecule has 0 unspecified atom stereocenters. The van der Waals surface area contributed by atoms with Gasteiger partial charge in [-0.15, -0.1) is 11.3 Å². The Morgan fingerprint density at radius 1 is 1.60 bits per heavy atom. The van der Waals surface area contributed by atoms with Gasteiger partial charge in [0.2, 0.25) is 0 Å². The van der Waals surface area contributed by atoms with Crippen LogP contribution in [0.15, 0.2) is 0 Å². The van der Waals surface area contributed by atoms with Gasteiger partial charge >= 0.3 is 0 Å². The second-order valence-electron chi connectivity index (χ2n) is 3.69. The Morgan fingerprint density at radius 3 is 2.80 bits per heavy atom. The molecule has 1 amide bonds. The van der Waals surface area contributed by atoms with E-state index < -0.39 is 0 Å². The fourth-order valence-corrected chi connectivity index (χ4v) is 2.20. The largest absolute Gasteiger partial charge is 0.349 e. The molecule has 1 aromatic rings. The summed E-state index contributed by atoms with van der Waals surface area (Å²) in [7, 11) is 0. The molecule has 0 aliphatic rings. The van der Waals surface area contributed by atoms with Crippen LogP contribution in [-0.4, -0.2) is 23.5 Å². The van der Waals surface area contributed by atoms with Crippen molar-refractivity contribution < 1.29 is 4.79 Å². The van der Waals surface area contributed by atoms with E-state index in [1.807, 2.05) is 20.8 Å². The molecule has 1 aromatic heterocycles. The monoisotopic (exact) mass is 227 g/mol. The summed E-state index contributed by atoms with van der Waals surface area (Å²) in [6, 6.07) is 0.150. The third kappa shape index (κ3) is 3.28. The molecular formula is C10H17N3OS. The molecule has 3 N–H and O–H groups in total. The fourth-order valence-electron chi connectivity index (χ4n) is 1.22. The van der Waals surface area contributed by atoms with Crippen molar-refractivity contribution in [1.82, 2.24) is 10.3 Å². The van der Waals surface area contributed by atoms with E-state index in [1.54, 1.807) is 0 Å². The third-order valence-electron chi connectivity index (χ3n) is 1.83. The summed E-state index contributed by atoms with van der Waals surface area (Å²) in [5.74, 6) is -0.0386. The maximum atomic E-state index is 11.7. The SMILES string of the molecule is Cc1nc(CCN)sc1C(=O)NC(C)C. The lowest BCUT2D eigenvalue weighted by Crippen LogP contribution is -2.29. The summed E-state index contributed by atoms with van der Waals surface area (Å²) in [5.41, 5.74) is 6.24. The number of nitrogens with one attached hydrogen (secondary N) is 1. The molecule has 0 saturated heterocycles. The summed E-state index contributed by atoms with van der Waals surface area (Å²) < 4.78 is 0. The highest BCUT2D eigenvalue weighted by Gasteiger charge is 2.15. The van der Waals surface area contributed by atoms with Gasteiger partial charge in [-0.05, 0) is 27.3 Å². The number of nitrogens with two attached hydrogens (primary N) is 1. The average Bonchev–Trinajstić information content (AvgIpc) is 2.46. The Balaban J connectivity index is 2.80. The Morgan fingerprint density at radius 2 is 2.27 bits per heavy atom. The van der Waals surface area contributed by atoms with Crippen LogP contribution in [0.2, 0.25) is 0 Å². The first kappa shape index (κ1) is 12.1. The number of nitrogens with zero attached hydrogens (tertiary/aromatic N) is 1. The Labute approximate surface area is 93.9 Å². The van der Waals surface area contributed by atoms with Crippen molar-refractivity contribution in [3.05, 3.63) is 15.6 Å².